The molecule has 0 aliphatic carbocycles. The molecule has 2 saturated heterocycles. The van der Waals surface area contributed by atoms with Crippen LogP contribution in [0.25, 0.3) is 0 Å². The van der Waals surface area contributed by atoms with Crippen molar-refractivity contribution in [1.82, 2.24) is 15.1 Å². The quantitative estimate of drug-likeness (QED) is 0.287. The van der Waals surface area contributed by atoms with Crippen molar-refractivity contribution >= 4 is 23.7 Å². The number of carbonyl (C=O) groups is 4. The van der Waals surface area contributed by atoms with Crippen molar-refractivity contribution in [2.45, 2.75) is 75.9 Å². The molecule has 2 aliphatic heterocycles. The second-order valence-electron chi connectivity index (χ2n) is 9.95. The number of carbonyl (C=O) groups excluding carboxylic acids is 3. The van der Waals surface area contributed by atoms with Crippen LogP contribution >= 0.6 is 0 Å². The van der Waals surface area contributed by atoms with Gasteiger partial charge in [0.05, 0.1) is 6.10 Å². The van der Waals surface area contributed by atoms with E-state index in [-0.39, 0.29) is 31.8 Å². The van der Waals surface area contributed by atoms with Crippen LogP contribution in [0.15, 0.2) is 30.3 Å². The van der Waals surface area contributed by atoms with E-state index in [1.54, 1.807) is 13.8 Å². The number of amides is 3. The van der Waals surface area contributed by atoms with Gasteiger partial charge in [-0.2, -0.15) is 0 Å². The van der Waals surface area contributed by atoms with Crippen molar-refractivity contribution in [3.05, 3.63) is 35.9 Å². The lowest BCUT2D eigenvalue weighted by Crippen LogP contribution is -2.59. The summed E-state index contributed by atoms with van der Waals surface area (Å²) in [5, 5.41) is 32.5. The van der Waals surface area contributed by atoms with Gasteiger partial charge in [0.15, 0.2) is 0 Å². The molecule has 3 rings (SSSR count). The lowest BCUT2D eigenvalue weighted by molar-refractivity contribution is -0.152. The average molecular weight is 505 g/mol. The zero-order valence-corrected chi connectivity index (χ0v) is 20.6. The Morgan fingerprint density at radius 2 is 1.78 bits per heavy atom. The number of aliphatic hydroxyl groups is 2. The first-order valence-corrected chi connectivity index (χ1v) is 12.3. The maximum absolute atomic E-state index is 13.5. The van der Waals surface area contributed by atoms with Gasteiger partial charge in [-0.25, -0.2) is 4.79 Å². The molecule has 3 amide bonds. The summed E-state index contributed by atoms with van der Waals surface area (Å²) in [7, 11) is 0. The Balaban J connectivity index is 1.68. The number of carboxylic acids is 1. The lowest BCUT2D eigenvalue weighted by atomic mass is 9.99. The Labute approximate surface area is 210 Å². The van der Waals surface area contributed by atoms with Crippen LogP contribution in [-0.4, -0.2) is 98.3 Å². The van der Waals surface area contributed by atoms with E-state index < -0.39 is 60.1 Å². The van der Waals surface area contributed by atoms with Crippen molar-refractivity contribution in [3.63, 3.8) is 0 Å². The number of nitrogens with two attached hydrogens (primary N) is 1. The summed E-state index contributed by atoms with van der Waals surface area (Å²) in [5.74, 6) is -3.34. The fourth-order valence-corrected chi connectivity index (χ4v) is 4.89. The molecule has 1 aromatic carbocycles. The first-order valence-electron chi connectivity index (χ1n) is 12.3. The first-order chi connectivity index (χ1) is 17.0. The molecule has 198 valence electrons. The van der Waals surface area contributed by atoms with Crippen molar-refractivity contribution in [1.29, 1.82) is 0 Å². The van der Waals surface area contributed by atoms with Crippen LogP contribution in [0.2, 0.25) is 0 Å². The van der Waals surface area contributed by atoms with Crippen LogP contribution in [0, 0.1) is 5.92 Å². The molecule has 2 aliphatic rings. The molecular weight excluding hydrogens is 468 g/mol. The van der Waals surface area contributed by atoms with E-state index in [1.807, 2.05) is 30.3 Å². The number of hydrogen-bond donors (Lipinski definition) is 5. The van der Waals surface area contributed by atoms with E-state index in [0.717, 1.165) is 10.5 Å². The summed E-state index contributed by atoms with van der Waals surface area (Å²) in [6, 6.07) is 5.26. The Bertz CT molecular complexity index is 957. The van der Waals surface area contributed by atoms with Gasteiger partial charge in [-0.15, -0.1) is 0 Å². The Morgan fingerprint density at radius 1 is 1.11 bits per heavy atom. The smallest absolute Gasteiger partial charge is 0.326 e. The maximum Gasteiger partial charge on any atom is 0.326 e. The predicted octanol–water partition coefficient (Wildman–Crippen LogP) is -0.904. The number of carboxylic acid groups (broad SMARTS) is 1. The average Bonchev–Trinajstić information content (AvgIpc) is 3.48. The fourth-order valence-electron chi connectivity index (χ4n) is 4.89. The number of hydrogen-bond acceptors (Lipinski definition) is 7. The van der Waals surface area contributed by atoms with E-state index in [2.05, 4.69) is 5.32 Å². The summed E-state index contributed by atoms with van der Waals surface area (Å²) < 4.78 is 0. The Kier molecular flexibility index (Phi) is 9.04. The van der Waals surface area contributed by atoms with Gasteiger partial charge in [0.25, 0.3) is 5.91 Å². The molecule has 0 bridgehead atoms. The highest BCUT2D eigenvalue weighted by Gasteiger charge is 2.46. The van der Waals surface area contributed by atoms with Gasteiger partial charge in [0.2, 0.25) is 11.8 Å². The molecule has 0 saturated carbocycles. The van der Waals surface area contributed by atoms with Gasteiger partial charge >= 0.3 is 5.97 Å². The molecule has 1 aromatic rings. The molecule has 5 unspecified atom stereocenters. The fraction of sp³-hybridized carbons (Fsp3) is 0.600. The van der Waals surface area contributed by atoms with Gasteiger partial charge in [-0.05, 0) is 30.7 Å². The number of β-amino-alcohol motifs (C(OH)–C–C–N with tert-alkyl or cyclic N) is 1. The number of nitrogens with zero attached hydrogens (tertiary/aromatic N) is 2. The molecule has 2 heterocycles. The first kappa shape index (κ1) is 27.6. The van der Waals surface area contributed by atoms with Crippen LogP contribution in [0.3, 0.4) is 0 Å². The van der Waals surface area contributed by atoms with Crippen LogP contribution in [0.5, 0.6) is 0 Å². The highest BCUT2D eigenvalue weighted by molar-refractivity contribution is 5.94. The minimum atomic E-state index is -1.54. The zero-order chi connectivity index (χ0) is 26.6. The minimum absolute atomic E-state index is 0.0620. The van der Waals surface area contributed by atoms with Gasteiger partial charge < -0.3 is 36.2 Å². The molecule has 2 fully saturated rings. The predicted molar refractivity (Wildman–Crippen MR) is 129 cm³/mol. The molecular formula is C25H36N4O7. The van der Waals surface area contributed by atoms with Gasteiger partial charge in [-0.1, -0.05) is 44.2 Å². The zero-order valence-electron chi connectivity index (χ0n) is 20.6. The summed E-state index contributed by atoms with van der Waals surface area (Å²) >= 11 is 0. The summed E-state index contributed by atoms with van der Waals surface area (Å²) in [4.78, 5) is 53.6. The third-order valence-corrected chi connectivity index (χ3v) is 6.89. The van der Waals surface area contributed by atoms with Gasteiger partial charge in [0.1, 0.15) is 24.2 Å². The molecule has 11 heteroatoms. The number of aliphatic carboxylic acids is 1. The third-order valence-electron chi connectivity index (χ3n) is 6.89. The number of nitrogens with one attached hydrogen (secondary N) is 1. The van der Waals surface area contributed by atoms with Crippen molar-refractivity contribution < 1.29 is 34.5 Å². The summed E-state index contributed by atoms with van der Waals surface area (Å²) in [6.45, 7) is 3.65. The van der Waals surface area contributed by atoms with E-state index in [4.69, 9.17) is 5.73 Å². The lowest BCUT2D eigenvalue weighted by Gasteiger charge is -2.33. The number of benzene rings is 1. The van der Waals surface area contributed by atoms with Gasteiger partial charge in [-0.3, -0.25) is 14.4 Å². The van der Waals surface area contributed by atoms with Crippen LogP contribution in [0.4, 0.5) is 0 Å². The molecule has 36 heavy (non-hydrogen) atoms. The van der Waals surface area contributed by atoms with Crippen molar-refractivity contribution in [3.8, 4) is 0 Å². The van der Waals surface area contributed by atoms with E-state index in [1.165, 1.54) is 4.90 Å². The molecule has 0 spiro atoms. The third kappa shape index (κ3) is 6.21. The summed E-state index contributed by atoms with van der Waals surface area (Å²) in [5.41, 5.74) is 6.92. The highest BCUT2D eigenvalue weighted by Crippen LogP contribution is 2.26. The second kappa shape index (κ2) is 11.8. The topological polar surface area (TPSA) is 173 Å². The number of likely N-dealkylation sites (tertiary alicyclic amines) is 2. The van der Waals surface area contributed by atoms with E-state index in [0.29, 0.717) is 12.8 Å². The van der Waals surface area contributed by atoms with Crippen LogP contribution in [-0.2, 0) is 25.6 Å². The largest absolute Gasteiger partial charge is 0.480 e. The minimum Gasteiger partial charge on any atom is -0.480 e. The van der Waals surface area contributed by atoms with Crippen molar-refractivity contribution in [2.24, 2.45) is 11.7 Å². The van der Waals surface area contributed by atoms with Crippen LogP contribution < -0.4 is 11.1 Å². The Hall–Kier alpha value is -3.02. The molecule has 0 aromatic heterocycles. The van der Waals surface area contributed by atoms with Crippen molar-refractivity contribution in [2.75, 3.05) is 13.1 Å². The van der Waals surface area contributed by atoms with E-state index in [9.17, 15) is 34.5 Å². The Morgan fingerprint density at radius 3 is 2.39 bits per heavy atom. The molecule has 6 atom stereocenters. The number of aliphatic hydroxyl groups excluding tert-OH is 2. The van der Waals surface area contributed by atoms with E-state index >= 15 is 0 Å². The molecule has 0 radical (unpaired) electrons. The highest BCUT2D eigenvalue weighted by atomic mass is 16.4. The summed E-state index contributed by atoms with van der Waals surface area (Å²) in [6.07, 6.45) is -1.38. The number of rotatable bonds is 9. The maximum atomic E-state index is 13.5. The molecule has 6 N–H and O–H groups in total. The monoisotopic (exact) mass is 504 g/mol. The normalized spacial score (nSPS) is 24.4. The standard InChI is InChI=1S/C25H36N4O7/c1-14(2)20(27-22(32)21(31)17(26)11-15-7-4-3-5-8-15)24(34)28-10-6-9-18(28)23(33)29-13-16(30)12-19(29)25(35)36/h3-5,7-8,14,16-21,30-31H,6,9-13,26H2,1-2H3,(H,27,32)(H,35,36)/t16-,17?,18?,19?,20?,21?/m0/s1. The molecule has 11 nitrogen and oxygen atoms in total. The van der Waals surface area contributed by atoms with Crippen LogP contribution in [0.1, 0.15) is 38.7 Å². The SMILES string of the molecule is CC(C)C(NC(=O)C(O)C(N)Cc1ccccc1)C(=O)N1CCCC1C(=O)N1C[C@@H](O)CC1C(=O)O. The second-order valence-corrected chi connectivity index (χ2v) is 9.95. The van der Waals surface area contributed by atoms with Gasteiger partial charge in [0, 0.05) is 25.6 Å².